The molecule has 0 N–H and O–H groups in total. The number of hydrogen-bond acceptors (Lipinski definition) is 6. The summed E-state index contributed by atoms with van der Waals surface area (Å²) in [5, 5.41) is 9.78. The molecule has 0 radical (unpaired) electrons. The lowest BCUT2D eigenvalue weighted by Gasteiger charge is -2.32. The Kier molecular flexibility index (Phi) is 6.54. The first-order valence-electron chi connectivity index (χ1n) is 11.6. The van der Waals surface area contributed by atoms with Crippen LogP contribution in [0.1, 0.15) is 18.1 Å². The van der Waals surface area contributed by atoms with Crippen LogP contribution in [-0.2, 0) is 26.8 Å². The number of carbonyl (C=O) groups excluding carboxylic acids is 1. The number of fused-ring (bicyclic) bond motifs is 1. The van der Waals surface area contributed by atoms with E-state index in [4.69, 9.17) is 28.5 Å². The molecule has 5 rings (SSSR count). The number of hydrogen-bond donors (Lipinski definition) is 0. The van der Waals surface area contributed by atoms with Crippen LogP contribution in [0.4, 0.5) is 11.6 Å². The standard InChI is InChI=1S/C25H24Cl2N6O3S/c1-25(14-17-3-5-18(15-28)6-4-17)23(34)32(21-12-19(26)11-20(27)13-21)24-29-16-22(33(24)25)37(35,36)31-9-7-30(2)8-10-31/h3-6,11-13,16H,7-10,14H2,1-2H3/t25-/m1/s1. The number of rotatable bonds is 5. The molecule has 3 aromatic rings. The highest BCUT2D eigenvalue weighted by atomic mass is 35.5. The van der Waals surface area contributed by atoms with Gasteiger partial charge >= 0.3 is 0 Å². The van der Waals surface area contributed by atoms with E-state index in [9.17, 15) is 13.2 Å². The number of nitriles is 1. The molecule has 12 heteroatoms. The van der Waals surface area contributed by atoms with Gasteiger partial charge in [-0.15, -0.1) is 0 Å². The third-order valence-corrected chi connectivity index (χ3v) is 9.17. The van der Waals surface area contributed by atoms with Crippen molar-refractivity contribution in [2.75, 3.05) is 38.1 Å². The highest BCUT2D eigenvalue weighted by Crippen LogP contribution is 2.44. The molecule has 1 saturated heterocycles. The fourth-order valence-electron chi connectivity index (χ4n) is 4.87. The number of benzene rings is 2. The SMILES string of the molecule is CN1CCN(S(=O)(=O)c2cnc3n2[C@](C)(Cc2ccc(C#N)cc2)C(=O)N3c2cc(Cl)cc(Cl)c2)CC1. The van der Waals surface area contributed by atoms with Crippen LogP contribution in [0.3, 0.4) is 0 Å². The zero-order valence-electron chi connectivity index (χ0n) is 20.2. The van der Waals surface area contributed by atoms with Gasteiger partial charge in [-0.2, -0.15) is 9.57 Å². The number of amides is 1. The predicted molar refractivity (Wildman–Crippen MR) is 141 cm³/mol. The van der Waals surface area contributed by atoms with E-state index < -0.39 is 15.6 Å². The molecule has 2 aromatic carbocycles. The Balaban J connectivity index is 1.66. The molecule has 1 fully saturated rings. The van der Waals surface area contributed by atoms with E-state index in [1.54, 1.807) is 49.4 Å². The third-order valence-electron chi connectivity index (χ3n) is 6.87. The van der Waals surface area contributed by atoms with E-state index in [-0.39, 0.29) is 23.3 Å². The van der Waals surface area contributed by atoms with E-state index in [0.29, 0.717) is 47.5 Å². The first kappa shape index (κ1) is 25.7. The van der Waals surface area contributed by atoms with E-state index >= 15 is 0 Å². The Morgan fingerprint density at radius 1 is 1.05 bits per heavy atom. The second-order valence-corrected chi connectivity index (χ2v) is 12.2. The summed E-state index contributed by atoms with van der Waals surface area (Å²) < 4.78 is 30.6. The third kappa shape index (κ3) is 4.41. The molecule has 9 nitrogen and oxygen atoms in total. The normalized spacial score (nSPS) is 20.7. The van der Waals surface area contributed by atoms with Gasteiger partial charge in [0.25, 0.3) is 15.9 Å². The Hall–Kier alpha value is -2.94. The van der Waals surface area contributed by atoms with E-state index in [0.717, 1.165) is 5.56 Å². The van der Waals surface area contributed by atoms with Gasteiger partial charge in [0.05, 0.1) is 23.5 Å². The molecule has 2 aliphatic rings. The molecule has 0 spiro atoms. The van der Waals surface area contributed by atoms with Gasteiger partial charge in [-0.25, -0.2) is 18.3 Å². The molecule has 0 bridgehead atoms. The minimum absolute atomic E-state index is 0.0489. The number of halogens is 2. The van der Waals surface area contributed by atoms with Crippen LogP contribution in [0.25, 0.3) is 0 Å². The van der Waals surface area contributed by atoms with Crippen molar-refractivity contribution in [3.63, 3.8) is 0 Å². The molecule has 0 aliphatic carbocycles. The second-order valence-electron chi connectivity index (χ2n) is 9.47. The number of carbonyl (C=O) groups is 1. The fraction of sp³-hybridized carbons (Fsp3) is 0.320. The zero-order chi connectivity index (χ0) is 26.5. The molecule has 37 heavy (non-hydrogen) atoms. The van der Waals surface area contributed by atoms with Crippen molar-refractivity contribution in [3.05, 3.63) is 69.8 Å². The van der Waals surface area contributed by atoms with Gasteiger partial charge in [-0.1, -0.05) is 35.3 Å². The monoisotopic (exact) mass is 558 g/mol. The molecule has 3 heterocycles. The molecule has 0 saturated carbocycles. The molecule has 0 unspecified atom stereocenters. The van der Waals surface area contributed by atoms with Crippen LogP contribution in [0.2, 0.25) is 10.0 Å². The maximum atomic E-state index is 14.1. The highest BCUT2D eigenvalue weighted by molar-refractivity contribution is 7.89. The van der Waals surface area contributed by atoms with Crippen LogP contribution >= 0.6 is 23.2 Å². The van der Waals surface area contributed by atoms with Crippen molar-refractivity contribution < 1.29 is 13.2 Å². The summed E-state index contributed by atoms with van der Waals surface area (Å²) in [5.74, 6) is -0.194. The van der Waals surface area contributed by atoms with E-state index in [1.807, 2.05) is 7.05 Å². The van der Waals surface area contributed by atoms with E-state index in [2.05, 4.69) is 16.0 Å². The minimum Gasteiger partial charge on any atom is -0.304 e. The molecule has 1 amide bonds. The lowest BCUT2D eigenvalue weighted by molar-refractivity contribution is -0.124. The maximum Gasteiger partial charge on any atom is 0.260 e. The van der Waals surface area contributed by atoms with Crippen molar-refractivity contribution in [2.45, 2.75) is 23.9 Å². The average molecular weight is 559 g/mol. The van der Waals surface area contributed by atoms with Crippen molar-refractivity contribution in [1.29, 1.82) is 5.26 Å². The Morgan fingerprint density at radius 3 is 2.27 bits per heavy atom. The second kappa shape index (κ2) is 9.42. The largest absolute Gasteiger partial charge is 0.304 e. The lowest BCUT2D eigenvalue weighted by Crippen LogP contribution is -2.48. The number of nitrogens with zero attached hydrogens (tertiary/aromatic N) is 6. The number of piperazine rings is 1. The quantitative estimate of drug-likeness (QED) is 0.473. The Labute approximate surface area is 225 Å². The first-order chi connectivity index (χ1) is 17.5. The fourth-order valence-corrected chi connectivity index (χ4v) is 6.99. The Morgan fingerprint density at radius 2 is 1.68 bits per heavy atom. The summed E-state index contributed by atoms with van der Waals surface area (Å²) in [6, 6.07) is 13.7. The van der Waals surface area contributed by atoms with Crippen LogP contribution in [0, 0.1) is 11.3 Å². The van der Waals surface area contributed by atoms with Crippen LogP contribution in [0.15, 0.2) is 53.7 Å². The highest BCUT2D eigenvalue weighted by Gasteiger charge is 2.52. The minimum atomic E-state index is -3.95. The molecule has 1 aromatic heterocycles. The summed E-state index contributed by atoms with van der Waals surface area (Å²) in [6.45, 7) is 3.60. The Bertz CT molecular complexity index is 1500. The number of likely N-dealkylation sites (N-methyl/N-ethyl adjacent to an activating group) is 1. The first-order valence-corrected chi connectivity index (χ1v) is 13.8. The number of imidazole rings is 1. The van der Waals surface area contributed by atoms with Gasteiger partial charge in [0, 0.05) is 42.6 Å². The average Bonchev–Trinajstić information content (AvgIpc) is 3.38. The summed E-state index contributed by atoms with van der Waals surface area (Å²) in [5.41, 5.74) is 0.317. The van der Waals surface area contributed by atoms with Crippen molar-refractivity contribution in [1.82, 2.24) is 18.8 Å². The van der Waals surface area contributed by atoms with Gasteiger partial charge < -0.3 is 4.90 Å². The molecule has 2 aliphatic heterocycles. The van der Waals surface area contributed by atoms with Gasteiger partial charge in [0.1, 0.15) is 5.54 Å². The molecular formula is C25H24Cl2N6O3S. The van der Waals surface area contributed by atoms with Gasteiger partial charge in [-0.05, 0) is 49.9 Å². The van der Waals surface area contributed by atoms with Crippen LogP contribution < -0.4 is 4.90 Å². The van der Waals surface area contributed by atoms with Gasteiger partial charge in [0.2, 0.25) is 5.95 Å². The van der Waals surface area contributed by atoms with Crippen molar-refractivity contribution in [3.8, 4) is 6.07 Å². The molecule has 192 valence electrons. The molecular weight excluding hydrogens is 535 g/mol. The lowest BCUT2D eigenvalue weighted by atomic mass is 9.91. The van der Waals surface area contributed by atoms with Crippen molar-refractivity contribution >= 4 is 50.8 Å². The van der Waals surface area contributed by atoms with Crippen LogP contribution in [-0.4, -0.2) is 66.3 Å². The molecule has 1 atom stereocenters. The number of anilines is 2. The zero-order valence-corrected chi connectivity index (χ0v) is 22.6. The smallest absolute Gasteiger partial charge is 0.260 e. The van der Waals surface area contributed by atoms with E-state index in [1.165, 1.54) is 20.0 Å². The van der Waals surface area contributed by atoms with Gasteiger partial charge in [0.15, 0.2) is 5.03 Å². The maximum absolute atomic E-state index is 14.1. The topological polar surface area (TPSA) is 103 Å². The summed E-state index contributed by atoms with van der Waals surface area (Å²) in [7, 11) is -2.01. The number of aromatic nitrogens is 2. The van der Waals surface area contributed by atoms with Gasteiger partial charge in [-0.3, -0.25) is 9.36 Å². The van der Waals surface area contributed by atoms with Crippen LogP contribution in [0.5, 0.6) is 0 Å². The summed E-state index contributed by atoms with van der Waals surface area (Å²) in [4.78, 5) is 22.0. The summed E-state index contributed by atoms with van der Waals surface area (Å²) >= 11 is 12.5. The predicted octanol–water partition coefficient (Wildman–Crippen LogP) is 3.63. The van der Waals surface area contributed by atoms with Crippen molar-refractivity contribution in [2.24, 2.45) is 0 Å². The summed E-state index contributed by atoms with van der Waals surface area (Å²) in [6.07, 6.45) is 1.49. The number of sulfonamides is 1.